The van der Waals surface area contributed by atoms with Gasteiger partial charge in [0.1, 0.15) is 11.5 Å². The van der Waals surface area contributed by atoms with Crippen LogP contribution in [-0.2, 0) is 0 Å². The van der Waals surface area contributed by atoms with Crippen LogP contribution < -0.4 is 10.1 Å². The molecule has 1 aromatic carbocycles. The molecule has 3 aromatic rings. The van der Waals surface area contributed by atoms with Crippen molar-refractivity contribution < 1.29 is 9.53 Å². The summed E-state index contributed by atoms with van der Waals surface area (Å²) >= 11 is 0. The molecule has 3 heterocycles. The highest BCUT2D eigenvalue weighted by atomic mass is 16.5. The van der Waals surface area contributed by atoms with Crippen molar-refractivity contribution in [3.63, 3.8) is 0 Å². The number of aromatic nitrogens is 3. The number of carbonyl (C=O) groups is 1. The van der Waals surface area contributed by atoms with Crippen LogP contribution >= 0.6 is 0 Å². The number of amides is 1. The van der Waals surface area contributed by atoms with E-state index in [9.17, 15) is 10.1 Å². The highest BCUT2D eigenvalue weighted by Gasteiger charge is 2.45. The van der Waals surface area contributed by atoms with Crippen LogP contribution in [0, 0.1) is 17.4 Å². The number of aromatic amines is 1. The Morgan fingerprint density at radius 2 is 2.13 bits per heavy atom. The molecule has 2 bridgehead atoms. The topological polar surface area (TPSA) is 107 Å². The third-order valence-corrected chi connectivity index (χ3v) is 5.78. The number of fused-ring (bicyclic) bond motifs is 2. The van der Waals surface area contributed by atoms with Crippen LogP contribution in [0.3, 0.4) is 0 Å². The summed E-state index contributed by atoms with van der Waals surface area (Å²) < 4.78 is 5.97. The second-order valence-corrected chi connectivity index (χ2v) is 7.69. The molecule has 2 aromatic heterocycles. The number of ether oxygens (including phenoxy) is 1. The predicted molar refractivity (Wildman–Crippen MR) is 108 cm³/mol. The quantitative estimate of drug-likeness (QED) is 0.638. The van der Waals surface area contributed by atoms with Crippen molar-refractivity contribution >= 4 is 5.91 Å². The number of H-pyrrole nitrogens is 1. The van der Waals surface area contributed by atoms with Gasteiger partial charge in [-0.3, -0.25) is 14.9 Å². The number of piperidine rings is 1. The smallest absolute Gasteiger partial charge is 0.272 e. The van der Waals surface area contributed by atoms with E-state index < -0.39 is 0 Å². The fourth-order valence-electron chi connectivity index (χ4n) is 4.40. The van der Waals surface area contributed by atoms with E-state index in [4.69, 9.17) is 4.74 Å². The van der Waals surface area contributed by atoms with E-state index in [0.717, 1.165) is 19.4 Å². The number of nitrogens with zero attached hydrogens (tertiary/aromatic N) is 4. The van der Waals surface area contributed by atoms with Crippen molar-refractivity contribution in [1.82, 2.24) is 25.4 Å². The molecule has 3 unspecified atom stereocenters. The summed E-state index contributed by atoms with van der Waals surface area (Å²) in [5.74, 6) is 1.55. The molecule has 0 spiro atoms. The van der Waals surface area contributed by atoms with Gasteiger partial charge in [-0.25, -0.2) is 0 Å². The number of pyridine rings is 1. The van der Waals surface area contributed by atoms with Crippen molar-refractivity contribution in [2.24, 2.45) is 5.92 Å². The summed E-state index contributed by atoms with van der Waals surface area (Å²) in [4.78, 5) is 18.7. The Balaban J connectivity index is 1.33. The largest absolute Gasteiger partial charge is 0.457 e. The Bertz CT molecular complexity index is 1110. The van der Waals surface area contributed by atoms with Crippen molar-refractivity contribution in [2.45, 2.75) is 24.9 Å². The summed E-state index contributed by atoms with van der Waals surface area (Å²) in [5.41, 5.74) is 1.65. The summed E-state index contributed by atoms with van der Waals surface area (Å²) in [5, 5.41) is 19.4. The minimum Gasteiger partial charge on any atom is -0.457 e. The lowest BCUT2D eigenvalue weighted by molar-refractivity contribution is 0.0907. The Morgan fingerprint density at radius 1 is 1.27 bits per heavy atom. The molecule has 0 radical (unpaired) electrons. The van der Waals surface area contributed by atoms with Gasteiger partial charge in [0.2, 0.25) is 0 Å². The van der Waals surface area contributed by atoms with Gasteiger partial charge in [-0.15, -0.1) is 0 Å². The molecule has 1 aliphatic carbocycles. The maximum Gasteiger partial charge on any atom is 0.272 e. The zero-order valence-corrected chi connectivity index (χ0v) is 16.2. The van der Waals surface area contributed by atoms with Crippen molar-refractivity contribution in [3.05, 3.63) is 60.6 Å². The normalized spacial score (nSPS) is 22.0. The fourth-order valence-corrected chi connectivity index (χ4v) is 4.40. The molecule has 2 aliphatic rings. The first-order valence-electron chi connectivity index (χ1n) is 9.91. The second-order valence-electron chi connectivity index (χ2n) is 7.69. The number of hydrogen-bond donors (Lipinski definition) is 2. The molecule has 1 saturated heterocycles. The number of nitriles is 1. The number of hydrogen-bond acceptors (Lipinski definition) is 6. The zero-order valence-electron chi connectivity index (χ0n) is 16.2. The lowest BCUT2D eigenvalue weighted by atomic mass is 10.1. The average molecular weight is 400 g/mol. The van der Waals surface area contributed by atoms with E-state index >= 15 is 0 Å². The minimum atomic E-state index is -0.248. The van der Waals surface area contributed by atoms with E-state index in [1.54, 1.807) is 29.4 Å². The average Bonchev–Trinajstić information content (AvgIpc) is 3.50. The number of likely N-dealkylation sites (tertiary alicyclic amines) is 1. The molecule has 1 aliphatic heterocycles. The third-order valence-electron chi connectivity index (χ3n) is 5.78. The zero-order chi connectivity index (χ0) is 20.5. The van der Waals surface area contributed by atoms with E-state index in [0.29, 0.717) is 34.4 Å². The van der Waals surface area contributed by atoms with Crippen LogP contribution in [0.4, 0.5) is 0 Å². The Kier molecular flexibility index (Phi) is 4.56. The van der Waals surface area contributed by atoms with E-state index in [2.05, 4.69) is 26.7 Å². The van der Waals surface area contributed by atoms with Gasteiger partial charge in [0, 0.05) is 18.9 Å². The van der Waals surface area contributed by atoms with Gasteiger partial charge in [-0.05, 0) is 43.0 Å². The van der Waals surface area contributed by atoms with Crippen molar-refractivity contribution in [3.8, 4) is 28.9 Å². The Morgan fingerprint density at radius 3 is 2.93 bits per heavy atom. The summed E-state index contributed by atoms with van der Waals surface area (Å²) in [6.45, 7) is 0.797. The molecule has 8 nitrogen and oxygen atoms in total. The van der Waals surface area contributed by atoms with Crippen LogP contribution in [0.2, 0.25) is 0 Å². The highest BCUT2D eigenvalue weighted by Crippen LogP contribution is 2.37. The summed E-state index contributed by atoms with van der Waals surface area (Å²) in [6.07, 6.45) is 7.42. The number of rotatable bonds is 5. The summed E-state index contributed by atoms with van der Waals surface area (Å²) in [6, 6.07) is 13.0. The van der Waals surface area contributed by atoms with Crippen LogP contribution in [-0.4, -0.2) is 44.6 Å². The molecule has 2 N–H and O–H groups in total. The summed E-state index contributed by atoms with van der Waals surface area (Å²) in [7, 11) is 0. The molecular formula is C22H20N6O2. The monoisotopic (exact) mass is 400 g/mol. The molecule has 8 heteroatoms. The Hall–Kier alpha value is -3.86. The third kappa shape index (κ3) is 3.35. The van der Waals surface area contributed by atoms with E-state index in [1.165, 1.54) is 0 Å². The number of carbonyl (C=O) groups excluding carboxylic acids is 1. The lowest BCUT2D eigenvalue weighted by Gasteiger charge is -2.29. The standard InChI is InChI=1S/C22H20N6O2/c23-13-28-12-14-8-18(20(28)9-14)25-22(29)19-10-17(26-27-19)16-11-24-7-6-21(16)30-15-4-2-1-3-5-15/h1-7,10-11,14,18,20H,8-9,12H2,(H,25,29)(H,26,27). The Labute approximate surface area is 173 Å². The van der Waals surface area contributed by atoms with Crippen LogP contribution in [0.1, 0.15) is 23.3 Å². The van der Waals surface area contributed by atoms with Gasteiger partial charge in [0.25, 0.3) is 5.91 Å². The van der Waals surface area contributed by atoms with Gasteiger partial charge < -0.3 is 15.0 Å². The minimum absolute atomic E-state index is 0.0218. The molecule has 5 rings (SSSR count). The fraction of sp³-hybridized carbons (Fsp3) is 0.273. The maximum absolute atomic E-state index is 12.8. The highest BCUT2D eigenvalue weighted by molar-refractivity contribution is 5.93. The molecule has 30 heavy (non-hydrogen) atoms. The number of benzene rings is 1. The molecule has 3 atom stereocenters. The van der Waals surface area contributed by atoms with Gasteiger partial charge >= 0.3 is 0 Å². The molecule has 150 valence electrons. The van der Waals surface area contributed by atoms with Crippen LogP contribution in [0.5, 0.6) is 11.5 Å². The van der Waals surface area contributed by atoms with E-state index in [-0.39, 0.29) is 18.0 Å². The second kappa shape index (κ2) is 7.52. The molecule has 1 amide bonds. The molecule has 1 saturated carbocycles. The predicted octanol–water partition coefficient (Wildman–Crippen LogP) is 2.94. The van der Waals surface area contributed by atoms with Crippen molar-refractivity contribution in [1.29, 1.82) is 5.26 Å². The van der Waals surface area contributed by atoms with Gasteiger partial charge in [-0.1, -0.05) is 18.2 Å². The van der Waals surface area contributed by atoms with Gasteiger partial charge in [-0.2, -0.15) is 10.4 Å². The number of para-hydroxylation sites is 1. The first-order chi connectivity index (χ1) is 14.7. The van der Waals surface area contributed by atoms with Gasteiger partial charge in [0.05, 0.1) is 23.3 Å². The first-order valence-corrected chi connectivity index (χ1v) is 9.91. The van der Waals surface area contributed by atoms with Gasteiger partial charge in [0.15, 0.2) is 11.9 Å². The van der Waals surface area contributed by atoms with Crippen LogP contribution in [0.15, 0.2) is 54.9 Å². The maximum atomic E-state index is 12.8. The van der Waals surface area contributed by atoms with E-state index in [1.807, 2.05) is 30.3 Å². The SMILES string of the molecule is N#CN1CC2CC(NC(=O)c3cc(-c4cnccc4Oc4ccccc4)[nH]n3)C1C2. The first kappa shape index (κ1) is 18.2. The van der Waals surface area contributed by atoms with Crippen LogP contribution in [0.25, 0.3) is 11.3 Å². The van der Waals surface area contributed by atoms with Crippen molar-refractivity contribution in [2.75, 3.05) is 6.54 Å². The number of nitrogens with one attached hydrogen (secondary N) is 2. The molecule has 2 fully saturated rings. The lowest BCUT2D eigenvalue weighted by Crippen LogP contribution is -2.48. The molecular weight excluding hydrogens is 380 g/mol.